The molecule has 162 valence electrons. The van der Waals surface area contributed by atoms with E-state index in [9.17, 15) is 17.6 Å². The summed E-state index contributed by atoms with van der Waals surface area (Å²) in [6.45, 7) is 2.91. The number of benzene rings is 2. The van der Waals surface area contributed by atoms with Crippen LogP contribution in [0.15, 0.2) is 58.8 Å². The fourth-order valence-electron chi connectivity index (χ4n) is 3.46. The Morgan fingerprint density at radius 3 is 2.45 bits per heavy atom. The minimum atomic E-state index is -3.79. The fourth-order valence-corrected chi connectivity index (χ4v) is 5.71. The van der Waals surface area contributed by atoms with E-state index in [4.69, 9.17) is 0 Å². The number of piperazine rings is 1. The van der Waals surface area contributed by atoms with Gasteiger partial charge in [0.2, 0.25) is 10.0 Å². The summed E-state index contributed by atoms with van der Waals surface area (Å²) >= 11 is 1.41. The molecule has 1 aliphatic rings. The average molecular weight is 460 g/mol. The van der Waals surface area contributed by atoms with Gasteiger partial charge in [-0.25, -0.2) is 17.8 Å². The molecule has 0 atom stereocenters. The zero-order chi connectivity index (χ0) is 22.0. The van der Waals surface area contributed by atoms with Gasteiger partial charge >= 0.3 is 0 Å². The van der Waals surface area contributed by atoms with Gasteiger partial charge in [-0.15, -0.1) is 11.3 Å². The molecule has 0 spiro atoms. The molecule has 4 rings (SSSR count). The van der Waals surface area contributed by atoms with Crippen LogP contribution in [0.4, 0.5) is 4.39 Å². The summed E-state index contributed by atoms with van der Waals surface area (Å²) in [6.07, 6.45) is 0.961. The number of carbonyl (C=O) groups is 1. The van der Waals surface area contributed by atoms with Gasteiger partial charge in [-0.2, -0.15) is 4.31 Å². The number of aryl methyl sites for hydroxylation is 1. The monoisotopic (exact) mass is 459 g/mol. The van der Waals surface area contributed by atoms with Crippen LogP contribution in [0.1, 0.15) is 23.0 Å². The number of hydrogen-bond acceptors (Lipinski definition) is 5. The molecule has 2 heterocycles. The second-order valence-corrected chi connectivity index (χ2v) is 10.0. The topological polar surface area (TPSA) is 70.6 Å². The van der Waals surface area contributed by atoms with Crippen LogP contribution in [0.3, 0.4) is 0 Å². The Morgan fingerprint density at radius 2 is 1.81 bits per heavy atom. The van der Waals surface area contributed by atoms with Crippen molar-refractivity contribution in [3.8, 4) is 10.6 Å². The Balaban J connectivity index is 1.42. The highest BCUT2D eigenvalue weighted by Crippen LogP contribution is 2.25. The van der Waals surface area contributed by atoms with Gasteiger partial charge in [-0.05, 0) is 30.2 Å². The standard InChI is InChI=1S/C22H22FN3O3S2/c1-2-16-6-8-17(9-7-16)21-24-20(15-30-21)22(27)25-10-12-26(13-11-25)31(28,29)19-5-3-4-18(23)14-19/h3-9,14-15H,2,10-13H2,1H3. The molecule has 3 aromatic rings. The fraction of sp³-hybridized carbons (Fsp3) is 0.273. The van der Waals surface area contributed by atoms with Crippen molar-refractivity contribution in [1.82, 2.24) is 14.2 Å². The molecule has 0 N–H and O–H groups in total. The molecule has 0 radical (unpaired) electrons. The summed E-state index contributed by atoms with van der Waals surface area (Å²) in [6, 6.07) is 13.1. The first-order chi connectivity index (χ1) is 14.9. The van der Waals surface area contributed by atoms with Crippen LogP contribution in [-0.2, 0) is 16.4 Å². The first-order valence-electron chi connectivity index (χ1n) is 9.98. The van der Waals surface area contributed by atoms with E-state index >= 15 is 0 Å². The molecule has 0 bridgehead atoms. The summed E-state index contributed by atoms with van der Waals surface area (Å²) in [5, 5.41) is 2.51. The Kier molecular flexibility index (Phi) is 6.17. The molecule has 9 heteroatoms. The molecule has 1 amide bonds. The molecule has 0 unspecified atom stereocenters. The zero-order valence-corrected chi connectivity index (χ0v) is 18.6. The van der Waals surface area contributed by atoms with Gasteiger partial charge in [0, 0.05) is 37.1 Å². The number of amides is 1. The number of thiazole rings is 1. The third kappa shape index (κ3) is 4.53. The van der Waals surface area contributed by atoms with Crippen molar-refractivity contribution in [1.29, 1.82) is 0 Å². The van der Waals surface area contributed by atoms with Crippen molar-refractivity contribution < 1.29 is 17.6 Å². The summed E-state index contributed by atoms with van der Waals surface area (Å²) < 4.78 is 40.2. The van der Waals surface area contributed by atoms with Gasteiger partial charge in [0.15, 0.2) is 0 Å². The maximum atomic E-state index is 13.4. The van der Waals surface area contributed by atoms with E-state index < -0.39 is 15.8 Å². The van der Waals surface area contributed by atoms with Crippen LogP contribution in [-0.4, -0.2) is 54.7 Å². The maximum Gasteiger partial charge on any atom is 0.273 e. The molecule has 0 aliphatic carbocycles. The highest BCUT2D eigenvalue weighted by Gasteiger charge is 2.31. The minimum absolute atomic E-state index is 0.0782. The molecule has 0 saturated carbocycles. The number of hydrogen-bond donors (Lipinski definition) is 0. The number of aromatic nitrogens is 1. The van der Waals surface area contributed by atoms with E-state index in [2.05, 4.69) is 24.0 Å². The molecule has 1 aromatic heterocycles. The van der Waals surface area contributed by atoms with Gasteiger partial charge < -0.3 is 4.90 Å². The highest BCUT2D eigenvalue weighted by molar-refractivity contribution is 7.89. The second-order valence-electron chi connectivity index (χ2n) is 7.24. The van der Waals surface area contributed by atoms with Gasteiger partial charge in [0.05, 0.1) is 4.90 Å². The van der Waals surface area contributed by atoms with Crippen molar-refractivity contribution in [2.24, 2.45) is 0 Å². The maximum absolute atomic E-state index is 13.4. The molecular formula is C22H22FN3O3S2. The average Bonchev–Trinajstić information content (AvgIpc) is 3.29. The lowest BCUT2D eigenvalue weighted by Gasteiger charge is -2.33. The molecule has 1 saturated heterocycles. The molecular weight excluding hydrogens is 437 g/mol. The minimum Gasteiger partial charge on any atom is -0.335 e. The summed E-state index contributed by atoms with van der Waals surface area (Å²) in [7, 11) is -3.79. The summed E-state index contributed by atoms with van der Waals surface area (Å²) in [5.74, 6) is -0.811. The van der Waals surface area contributed by atoms with Crippen LogP contribution in [0, 0.1) is 5.82 Å². The number of halogens is 1. The third-order valence-electron chi connectivity index (χ3n) is 5.29. The number of carbonyl (C=O) groups excluding carboxylic acids is 1. The normalized spacial score (nSPS) is 15.2. The van der Waals surface area contributed by atoms with E-state index in [0.717, 1.165) is 23.1 Å². The van der Waals surface area contributed by atoms with E-state index in [1.807, 2.05) is 12.1 Å². The predicted octanol–water partition coefficient (Wildman–Crippen LogP) is 3.66. The highest BCUT2D eigenvalue weighted by atomic mass is 32.2. The Labute approximate surface area is 185 Å². The van der Waals surface area contributed by atoms with Gasteiger partial charge in [-0.1, -0.05) is 37.3 Å². The predicted molar refractivity (Wildman–Crippen MR) is 118 cm³/mol. The van der Waals surface area contributed by atoms with Crippen molar-refractivity contribution >= 4 is 27.3 Å². The Bertz CT molecular complexity index is 1180. The molecule has 6 nitrogen and oxygen atoms in total. The Morgan fingerprint density at radius 1 is 1.10 bits per heavy atom. The van der Waals surface area contributed by atoms with Crippen LogP contribution >= 0.6 is 11.3 Å². The zero-order valence-electron chi connectivity index (χ0n) is 17.0. The van der Waals surface area contributed by atoms with Crippen molar-refractivity contribution in [2.75, 3.05) is 26.2 Å². The van der Waals surface area contributed by atoms with Gasteiger partial charge in [0.1, 0.15) is 16.5 Å². The lowest BCUT2D eigenvalue weighted by Crippen LogP contribution is -2.50. The molecule has 2 aromatic carbocycles. The van der Waals surface area contributed by atoms with Gasteiger partial charge in [-0.3, -0.25) is 4.79 Å². The van der Waals surface area contributed by atoms with Crippen molar-refractivity contribution in [2.45, 2.75) is 18.2 Å². The van der Waals surface area contributed by atoms with Crippen LogP contribution < -0.4 is 0 Å². The third-order valence-corrected chi connectivity index (χ3v) is 8.08. The van der Waals surface area contributed by atoms with Crippen LogP contribution in [0.5, 0.6) is 0 Å². The smallest absolute Gasteiger partial charge is 0.273 e. The number of rotatable bonds is 5. The Hall–Kier alpha value is -2.62. The summed E-state index contributed by atoms with van der Waals surface area (Å²) in [4.78, 5) is 18.9. The van der Waals surface area contributed by atoms with Crippen molar-refractivity contribution in [3.63, 3.8) is 0 Å². The molecule has 1 fully saturated rings. The van der Waals surface area contributed by atoms with Crippen molar-refractivity contribution in [3.05, 3.63) is 71.0 Å². The van der Waals surface area contributed by atoms with E-state index in [1.54, 1.807) is 10.3 Å². The number of nitrogens with zero attached hydrogens (tertiary/aromatic N) is 3. The van der Waals surface area contributed by atoms with Gasteiger partial charge in [0.25, 0.3) is 5.91 Å². The van der Waals surface area contributed by atoms with E-state index in [-0.39, 0.29) is 37.0 Å². The first kappa shape index (κ1) is 21.6. The lowest BCUT2D eigenvalue weighted by atomic mass is 10.1. The van der Waals surface area contributed by atoms with Crippen LogP contribution in [0.25, 0.3) is 10.6 Å². The second kappa shape index (κ2) is 8.86. The SMILES string of the molecule is CCc1ccc(-c2nc(C(=O)N3CCN(S(=O)(=O)c4cccc(F)c4)CC3)cs2)cc1. The largest absolute Gasteiger partial charge is 0.335 e. The first-order valence-corrected chi connectivity index (χ1v) is 12.3. The van der Waals surface area contributed by atoms with Crippen LogP contribution in [0.2, 0.25) is 0 Å². The summed E-state index contributed by atoms with van der Waals surface area (Å²) in [5.41, 5.74) is 2.57. The lowest BCUT2D eigenvalue weighted by molar-refractivity contribution is 0.0693. The number of sulfonamides is 1. The molecule has 1 aliphatic heterocycles. The van der Waals surface area contributed by atoms with E-state index in [1.165, 1.54) is 39.4 Å². The quantitative estimate of drug-likeness (QED) is 0.584. The molecule has 31 heavy (non-hydrogen) atoms. The van der Waals surface area contributed by atoms with E-state index in [0.29, 0.717) is 5.69 Å².